The van der Waals surface area contributed by atoms with Crippen LogP contribution >= 0.6 is 0 Å². The predicted molar refractivity (Wildman–Crippen MR) is 122 cm³/mol. The second-order valence-corrected chi connectivity index (χ2v) is 7.55. The normalized spacial score (nSPS) is 14.1. The van der Waals surface area contributed by atoms with Gasteiger partial charge in [0.1, 0.15) is 5.75 Å². The second-order valence-electron chi connectivity index (χ2n) is 7.55. The third kappa shape index (κ3) is 3.50. The Labute approximate surface area is 181 Å². The quantitative estimate of drug-likeness (QED) is 0.509. The van der Waals surface area contributed by atoms with Gasteiger partial charge >= 0.3 is 0 Å². The smallest absolute Gasteiger partial charge is 0.290 e. The van der Waals surface area contributed by atoms with E-state index in [1.807, 2.05) is 82.3 Å². The van der Waals surface area contributed by atoms with Crippen molar-refractivity contribution < 1.29 is 9.53 Å². The Kier molecular flexibility index (Phi) is 5.04. The molecule has 6 heteroatoms. The lowest BCUT2D eigenvalue weighted by atomic mass is 10.2. The standard InChI is InChI=1S/C25H24N4O2/c1-31-23-14-8-7-13-22(23)27-15-17-28(18-16-27)25(30)24-26-20-11-5-6-12-21(20)29(24)19-9-3-2-4-10-19/h2-14H,15-18H2,1H3. The number of aromatic nitrogens is 2. The number of imidazole rings is 1. The van der Waals surface area contributed by atoms with Crippen molar-refractivity contribution in [2.24, 2.45) is 0 Å². The molecular formula is C25H24N4O2. The minimum absolute atomic E-state index is 0.0419. The first-order valence-electron chi connectivity index (χ1n) is 10.5. The van der Waals surface area contributed by atoms with E-state index in [0.29, 0.717) is 18.9 Å². The summed E-state index contributed by atoms with van der Waals surface area (Å²) in [5.74, 6) is 1.27. The summed E-state index contributed by atoms with van der Waals surface area (Å²) in [6, 6.07) is 25.8. The topological polar surface area (TPSA) is 50.6 Å². The van der Waals surface area contributed by atoms with Crippen molar-refractivity contribution in [3.8, 4) is 11.4 Å². The van der Waals surface area contributed by atoms with Gasteiger partial charge in [0.05, 0.1) is 23.8 Å². The SMILES string of the molecule is COc1ccccc1N1CCN(C(=O)c2nc3ccccc3n2-c2ccccc2)CC1. The number of carbonyl (C=O) groups is 1. The molecule has 1 aliphatic heterocycles. The van der Waals surface area contributed by atoms with Crippen molar-refractivity contribution in [2.75, 3.05) is 38.2 Å². The van der Waals surface area contributed by atoms with Gasteiger partial charge in [-0.2, -0.15) is 0 Å². The molecule has 1 amide bonds. The van der Waals surface area contributed by atoms with Crippen molar-refractivity contribution in [2.45, 2.75) is 0 Å². The van der Waals surface area contributed by atoms with Crippen LogP contribution in [-0.4, -0.2) is 53.6 Å². The van der Waals surface area contributed by atoms with Crippen molar-refractivity contribution in [1.82, 2.24) is 14.5 Å². The van der Waals surface area contributed by atoms with E-state index in [1.165, 1.54) is 0 Å². The summed E-state index contributed by atoms with van der Waals surface area (Å²) in [4.78, 5) is 22.4. The number of benzene rings is 3. The Hall–Kier alpha value is -3.80. The lowest BCUT2D eigenvalue weighted by Crippen LogP contribution is -2.49. The molecule has 1 fully saturated rings. The van der Waals surface area contributed by atoms with E-state index in [9.17, 15) is 4.79 Å². The van der Waals surface area contributed by atoms with Crippen LogP contribution in [0.2, 0.25) is 0 Å². The van der Waals surface area contributed by atoms with Gasteiger partial charge in [0.25, 0.3) is 5.91 Å². The number of amides is 1. The van der Waals surface area contributed by atoms with Crippen LogP contribution in [-0.2, 0) is 0 Å². The van der Waals surface area contributed by atoms with Gasteiger partial charge in [-0.1, -0.05) is 42.5 Å². The molecular weight excluding hydrogens is 388 g/mol. The first-order chi connectivity index (χ1) is 15.3. The van der Waals surface area contributed by atoms with Gasteiger partial charge in [0.2, 0.25) is 5.82 Å². The Bertz CT molecular complexity index is 1210. The van der Waals surface area contributed by atoms with Gasteiger partial charge in [-0.15, -0.1) is 0 Å². The number of hydrogen-bond donors (Lipinski definition) is 0. The third-order valence-electron chi connectivity index (χ3n) is 5.76. The number of piperazine rings is 1. The number of anilines is 1. The molecule has 0 N–H and O–H groups in total. The van der Waals surface area contributed by atoms with Gasteiger partial charge in [0, 0.05) is 31.9 Å². The maximum atomic E-state index is 13.5. The fourth-order valence-corrected chi connectivity index (χ4v) is 4.19. The molecule has 0 aliphatic carbocycles. The van der Waals surface area contributed by atoms with E-state index in [1.54, 1.807) is 7.11 Å². The zero-order valence-corrected chi connectivity index (χ0v) is 17.4. The molecule has 5 rings (SSSR count). The molecule has 1 aromatic heterocycles. The van der Waals surface area contributed by atoms with Crippen LogP contribution in [0.4, 0.5) is 5.69 Å². The minimum Gasteiger partial charge on any atom is -0.495 e. The zero-order valence-electron chi connectivity index (χ0n) is 17.4. The number of rotatable bonds is 4. The molecule has 6 nitrogen and oxygen atoms in total. The number of carbonyl (C=O) groups excluding carboxylic acids is 1. The Morgan fingerprint density at radius 1 is 0.839 bits per heavy atom. The Morgan fingerprint density at radius 3 is 2.29 bits per heavy atom. The molecule has 0 atom stereocenters. The van der Waals surface area contributed by atoms with Crippen LogP contribution in [0.15, 0.2) is 78.9 Å². The summed E-state index contributed by atoms with van der Waals surface area (Å²) in [5, 5.41) is 0. The zero-order chi connectivity index (χ0) is 21.2. The van der Waals surface area contributed by atoms with E-state index >= 15 is 0 Å². The third-order valence-corrected chi connectivity index (χ3v) is 5.76. The fraction of sp³-hybridized carbons (Fsp3) is 0.200. The van der Waals surface area contributed by atoms with E-state index < -0.39 is 0 Å². The van der Waals surface area contributed by atoms with Gasteiger partial charge in [-0.3, -0.25) is 9.36 Å². The number of para-hydroxylation sites is 5. The van der Waals surface area contributed by atoms with Gasteiger partial charge in [-0.05, 0) is 36.4 Å². The van der Waals surface area contributed by atoms with Crippen LogP contribution < -0.4 is 9.64 Å². The molecule has 156 valence electrons. The lowest BCUT2D eigenvalue weighted by Gasteiger charge is -2.36. The summed E-state index contributed by atoms with van der Waals surface area (Å²) in [5.41, 5.74) is 3.76. The monoisotopic (exact) mass is 412 g/mol. The number of ether oxygens (including phenoxy) is 1. The fourth-order valence-electron chi connectivity index (χ4n) is 4.19. The molecule has 0 spiro atoms. The Morgan fingerprint density at radius 2 is 1.52 bits per heavy atom. The van der Waals surface area contributed by atoms with Crippen LogP contribution in [0, 0.1) is 0 Å². The highest BCUT2D eigenvalue weighted by atomic mass is 16.5. The first-order valence-corrected chi connectivity index (χ1v) is 10.5. The van der Waals surface area contributed by atoms with Crippen LogP contribution in [0.3, 0.4) is 0 Å². The minimum atomic E-state index is -0.0419. The molecule has 3 aromatic carbocycles. The van der Waals surface area contributed by atoms with Crippen LogP contribution in [0.1, 0.15) is 10.6 Å². The van der Waals surface area contributed by atoms with Crippen LogP contribution in [0.25, 0.3) is 16.7 Å². The Balaban J connectivity index is 1.43. The van der Waals surface area contributed by atoms with Gasteiger partial charge in [0.15, 0.2) is 0 Å². The molecule has 1 saturated heterocycles. The van der Waals surface area contributed by atoms with E-state index in [4.69, 9.17) is 9.72 Å². The summed E-state index contributed by atoms with van der Waals surface area (Å²) in [7, 11) is 1.69. The average molecular weight is 412 g/mol. The molecule has 0 unspecified atom stereocenters. The second kappa shape index (κ2) is 8.14. The molecule has 0 saturated carbocycles. The van der Waals surface area contributed by atoms with Gasteiger partial charge in [-0.25, -0.2) is 4.98 Å². The summed E-state index contributed by atoms with van der Waals surface area (Å²) in [6.07, 6.45) is 0. The highest BCUT2D eigenvalue weighted by Gasteiger charge is 2.28. The van der Waals surface area contributed by atoms with Crippen molar-refractivity contribution in [3.63, 3.8) is 0 Å². The summed E-state index contributed by atoms with van der Waals surface area (Å²) in [6.45, 7) is 2.76. The summed E-state index contributed by atoms with van der Waals surface area (Å²) < 4.78 is 7.47. The van der Waals surface area contributed by atoms with Crippen molar-refractivity contribution in [3.05, 3.63) is 84.7 Å². The van der Waals surface area contributed by atoms with E-state index in [0.717, 1.165) is 41.2 Å². The molecule has 31 heavy (non-hydrogen) atoms. The lowest BCUT2D eigenvalue weighted by molar-refractivity contribution is 0.0733. The highest BCUT2D eigenvalue weighted by molar-refractivity contribution is 5.96. The number of hydrogen-bond acceptors (Lipinski definition) is 4. The molecule has 0 bridgehead atoms. The van der Waals surface area contributed by atoms with Crippen molar-refractivity contribution in [1.29, 1.82) is 0 Å². The molecule has 0 radical (unpaired) electrons. The van der Waals surface area contributed by atoms with Crippen LogP contribution in [0.5, 0.6) is 5.75 Å². The maximum absolute atomic E-state index is 13.5. The van der Waals surface area contributed by atoms with Crippen molar-refractivity contribution >= 4 is 22.6 Å². The highest BCUT2D eigenvalue weighted by Crippen LogP contribution is 2.29. The van der Waals surface area contributed by atoms with E-state index in [-0.39, 0.29) is 5.91 Å². The number of fused-ring (bicyclic) bond motifs is 1. The maximum Gasteiger partial charge on any atom is 0.290 e. The first kappa shape index (κ1) is 19.2. The largest absolute Gasteiger partial charge is 0.495 e. The average Bonchev–Trinajstić information content (AvgIpc) is 3.24. The van der Waals surface area contributed by atoms with E-state index in [2.05, 4.69) is 11.0 Å². The molecule has 1 aliphatic rings. The van der Waals surface area contributed by atoms with Gasteiger partial charge < -0.3 is 14.5 Å². The summed E-state index contributed by atoms with van der Waals surface area (Å²) >= 11 is 0. The molecule has 2 heterocycles. The predicted octanol–water partition coefficient (Wildman–Crippen LogP) is 4.00. The number of methoxy groups -OCH3 is 1. The number of nitrogens with zero attached hydrogens (tertiary/aromatic N) is 4. The molecule has 4 aromatic rings.